The van der Waals surface area contributed by atoms with Crippen LogP contribution in [0.5, 0.6) is 0 Å². The van der Waals surface area contributed by atoms with E-state index >= 15 is 0 Å². The molecule has 0 amide bonds. The minimum Gasteiger partial charge on any atom is -0.392 e. The summed E-state index contributed by atoms with van der Waals surface area (Å²) >= 11 is 0. The Labute approximate surface area is 122 Å². The molecule has 0 heterocycles. The number of hydrogen-bond donors (Lipinski definition) is 2. The summed E-state index contributed by atoms with van der Waals surface area (Å²) in [4.78, 5) is 0. The lowest BCUT2D eigenvalue weighted by molar-refractivity contribution is -0.0277. The van der Waals surface area contributed by atoms with Gasteiger partial charge in [0.15, 0.2) is 0 Å². The highest BCUT2D eigenvalue weighted by molar-refractivity contribution is 5.35. The third-order valence-electron chi connectivity index (χ3n) is 5.66. The normalized spacial score (nSPS) is 29.9. The number of nitrogens with two attached hydrogens (primary N) is 1. The molecule has 0 aromatic heterocycles. The molecule has 1 fully saturated rings. The quantitative estimate of drug-likeness (QED) is 0.889. The van der Waals surface area contributed by atoms with Crippen molar-refractivity contribution in [3.63, 3.8) is 0 Å². The van der Waals surface area contributed by atoms with Crippen LogP contribution in [-0.4, -0.2) is 17.8 Å². The van der Waals surface area contributed by atoms with Gasteiger partial charge >= 0.3 is 0 Å². The predicted octanol–water partition coefficient (Wildman–Crippen LogP) is 2.92. The van der Waals surface area contributed by atoms with E-state index in [4.69, 9.17) is 5.73 Å². The first-order chi connectivity index (χ1) is 9.64. The molecule has 2 heteroatoms. The van der Waals surface area contributed by atoms with E-state index in [0.29, 0.717) is 12.5 Å². The highest BCUT2D eigenvalue weighted by Crippen LogP contribution is 2.44. The second kappa shape index (κ2) is 5.50. The Morgan fingerprint density at radius 2 is 1.90 bits per heavy atom. The maximum atomic E-state index is 11.0. The van der Waals surface area contributed by atoms with Gasteiger partial charge in [0.2, 0.25) is 0 Å². The van der Waals surface area contributed by atoms with Crippen molar-refractivity contribution in [1.29, 1.82) is 0 Å². The Hall–Kier alpha value is -0.860. The average molecular weight is 273 g/mol. The summed E-state index contributed by atoms with van der Waals surface area (Å²) in [7, 11) is 0. The van der Waals surface area contributed by atoms with Crippen LogP contribution in [0, 0.1) is 17.3 Å². The minimum atomic E-state index is -0.248. The van der Waals surface area contributed by atoms with Crippen LogP contribution in [0.25, 0.3) is 0 Å². The summed E-state index contributed by atoms with van der Waals surface area (Å²) in [5.41, 5.74) is 8.79. The standard InChI is InChI=1S/C18H27NO/c1-13-5-4-8-14(9-13)17(20)18(12-19)10-15-6-2-3-7-16(15)11-18/h2-3,6-7,13-14,17,20H,4-5,8-12,19H2,1H3. The molecular formula is C18H27NO. The molecule has 3 unspecified atom stereocenters. The van der Waals surface area contributed by atoms with Crippen LogP contribution < -0.4 is 5.73 Å². The number of hydrogen-bond acceptors (Lipinski definition) is 2. The van der Waals surface area contributed by atoms with Crippen molar-refractivity contribution >= 4 is 0 Å². The number of rotatable bonds is 3. The summed E-state index contributed by atoms with van der Waals surface area (Å²) in [6.07, 6.45) is 6.57. The average Bonchev–Trinajstić information content (AvgIpc) is 2.86. The van der Waals surface area contributed by atoms with Crippen molar-refractivity contribution in [2.45, 2.75) is 51.6 Å². The molecule has 3 atom stereocenters. The van der Waals surface area contributed by atoms with Crippen LogP contribution in [0.1, 0.15) is 43.7 Å². The molecule has 110 valence electrons. The SMILES string of the molecule is CC1CCCC(C(O)C2(CN)Cc3ccccc3C2)C1. The van der Waals surface area contributed by atoms with Crippen molar-refractivity contribution < 1.29 is 5.11 Å². The van der Waals surface area contributed by atoms with Crippen molar-refractivity contribution in [3.05, 3.63) is 35.4 Å². The zero-order valence-electron chi connectivity index (χ0n) is 12.5. The molecule has 3 N–H and O–H groups in total. The maximum absolute atomic E-state index is 11.0. The van der Waals surface area contributed by atoms with Gasteiger partial charge in [0, 0.05) is 12.0 Å². The Balaban J connectivity index is 1.80. The lowest BCUT2D eigenvalue weighted by Gasteiger charge is -2.41. The van der Waals surface area contributed by atoms with E-state index in [-0.39, 0.29) is 11.5 Å². The molecule has 3 rings (SSSR count). The second-order valence-electron chi connectivity index (χ2n) is 7.17. The summed E-state index contributed by atoms with van der Waals surface area (Å²) in [6, 6.07) is 8.59. The van der Waals surface area contributed by atoms with E-state index in [0.717, 1.165) is 18.8 Å². The number of aliphatic hydroxyl groups is 1. The van der Waals surface area contributed by atoms with E-state index < -0.39 is 0 Å². The van der Waals surface area contributed by atoms with E-state index in [1.807, 2.05) is 0 Å². The fourth-order valence-corrected chi connectivity index (χ4v) is 4.47. The van der Waals surface area contributed by atoms with Gasteiger partial charge in [0.1, 0.15) is 0 Å². The lowest BCUT2D eigenvalue weighted by Crippen LogP contribution is -2.47. The summed E-state index contributed by atoms with van der Waals surface area (Å²) in [5.74, 6) is 1.19. The van der Waals surface area contributed by atoms with E-state index in [1.165, 1.54) is 36.8 Å². The maximum Gasteiger partial charge on any atom is 0.0643 e. The number of fused-ring (bicyclic) bond motifs is 1. The topological polar surface area (TPSA) is 46.2 Å². The Morgan fingerprint density at radius 3 is 2.45 bits per heavy atom. The molecule has 0 radical (unpaired) electrons. The summed E-state index contributed by atoms with van der Waals surface area (Å²) in [5, 5.41) is 11.0. The van der Waals surface area contributed by atoms with Crippen LogP contribution in [0.3, 0.4) is 0 Å². The van der Waals surface area contributed by atoms with Gasteiger partial charge in [0.25, 0.3) is 0 Å². The second-order valence-corrected chi connectivity index (χ2v) is 7.17. The third-order valence-corrected chi connectivity index (χ3v) is 5.66. The Bertz CT molecular complexity index is 445. The highest BCUT2D eigenvalue weighted by Gasteiger charge is 2.45. The molecule has 2 nitrogen and oxygen atoms in total. The van der Waals surface area contributed by atoms with Crippen LogP contribution >= 0.6 is 0 Å². The van der Waals surface area contributed by atoms with Crippen molar-refractivity contribution in [2.24, 2.45) is 23.0 Å². The fourth-order valence-electron chi connectivity index (χ4n) is 4.47. The molecule has 0 spiro atoms. The van der Waals surface area contributed by atoms with Gasteiger partial charge in [-0.25, -0.2) is 0 Å². The minimum absolute atomic E-state index is 0.120. The van der Waals surface area contributed by atoms with Crippen molar-refractivity contribution in [1.82, 2.24) is 0 Å². The summed E-state index contributed by atoms with van der Waals surface area (Å²) < 4.78 is 0. The zero-order valence-corrected chi connectivity index (χ0v) is 12.5. The third kappa shape index (κ3) is 2.40. The molecule has 0 bridgehead atoms. The predicted molar refractivity (Wildman–Crippen MR) is 82.5 cm³/mol. The van der Waals surface area contributed by atoms with Crippen LogP contribution in [0.15, 0.2) is 24.3 Å². The first kappa shape index (κ1) is 14.1. The van der Waals surface area contributed by atoms with Gasteiger partial charge < -0.3 is 10.8 Å². The molecule has 1 saturated carbocycles. The van der Waals surface area contributed by atoms with Gasteiger partial charge in [-0.1, -0.05) is 44.0 Å². The van der Waals surface area contributed by atoms with Gasteiger partial charge in [-0.15, -0.1) is 0 Å². The molecule has 0 saturated heterocycles. The van der Waals surface area contributed by atoms with Gasteiger partial charge in [-0.3, -0.25) is 0 Å². The van der Waals surface area contributed by atoms with E-state index in [2.05, 4.69) is 31.2 Å². The largest absolute Gasteiger partial charge is 0.392 e. The van der Waals surface area contributed by atoms with Crippen LogP contribution in [0.2, 0.25) is 0 Å². The van der Waals surface area contributed by atoms with Crippen LogP contribution in [-0.2, 0) is 12.8 Å². The van der Waals surface area contributed by atoms with E-state index in [9.17, 15) is 5.11 Å². The molecule has 1 aromatic carbocycles. The highest BCUT2D eigenvalue weighted by atomic mass is 16.3. The Kier molecular flexibility index (Phi) is 3.87. The van der Waals surface area contributed by atoms with Crippen LogP contribution in [0.4, 0.5) is 0 Å². The first-order valence-corrected chi connectivity index (χ1v) is 8.09. The number of benzene rings is 1. The summed E-state index contributed by atoms with van der Waals surface area (Å²) in [6.45, 7) is 2.91. The fraction of sp³-hybridized carbons (Fsp3) is 0.667. The van der Waals surface area contributed by atoms with Gasteiger partial charge in [0.05, 0.1) is 6.10 Å². The monoisotopic (exact) mass is 273 g/mol. The molecular weight excluding hydrogens is 246 g/mol. The lowest BCUT2D eigenvalue weighted by atomic mass is 9.68. The molecule has 2 aliphatic rings. The van der Waals surface area contributed by atoms with Crippen molar-refractivity contribution in [3.8, 4) is 0 Å². The number of aliphatic hydroxyl groups excluding tert-OH is 1. The van der Waals surface area contributed by atoms with E-state index in [1.54, 1.807) is 0 Å². The Morgan fingerprint density at radius 1 is 1.25 bits per heavy atom. The first-order valence-electron chi connectivity index (χ1n) is 8.09. The molecule has 20 heavy (non-hydrogen) atoms. The molecule has 1 aromatic rings. The molecule has 0 aliphatic heterocycles. The van der Waals surface area contributed by atoms with Crippen molar-refractivity contribution in [2.75, 3.05) is 6.54 Å². The molecule has 2 aliphatic carbocycles. The van der Waals surface area contributed by atoms with Gasteiger partial charge in [-0.2, -0.15) is 0 Å². The smallest absolute Gasteiger partial charge is 0.0643 e. The zero-order chi connectivity index (χ0) is 14.2. The van der Waals surface area contributed by atoms with Gasteiger partial charge in [-0.05, 0) is 48.6 Å².